The first-order valence-electron chi connectivity index (χ1n) is 8.75. The average Bonchev–Trinajstić information content (AvgIpc) is 3.10. The van der Waals surface area contributed by atoms with Gasteiger partial charge in [-0.1, -0.05) is 12.1 Å². The van der Waals surface area contributed by atoms with Crippen molar-refractivity contribution in [1.82, 2.24) is 15.2 Å². The Bertz CT molecular complexity index is 755. The van der Waals surface area contributed by atoms with E-state index in [0.717, 1.165) is 23.7 Å². The molecule has 1 aromatic carbocycles. The number of H-pyrrole nitrogens is 1. The molecule has 1 aliphatic heterocycles. The van der Waals surface area contributed by atoms with Crippen molar-refractivity contribution < 1.29 is 14.3 Å². The highest BCUT2D eigenvalue weighted by atomic mass is 16.5. The van der Waals surface area contributed by atoms with Crippen LogP contribution in [0.25, 0.3) is 10.9 Å². The molecule has 25 heavy (non-hydrogen) atoms. The minimum absolute atomic E-state index is 0.000155. The van der Waals surface area contributed by atoms with E-state index in [-0.39, 0.29) is 23.8 Å². The number of hydrogen-bond donors (Lipinski definition) is 2. The molecular weight excluding hydrogens is 318 g/mol. The largest absolute Gasteiger partial charge is 0.383 e. The number of para-hydroxylation sites is 1. The van der Waals surface area contributed by atoms with Gasteiger partial charge in [0.2, 0.25) is 5.91 Å². The van der Waals surface area contributed by atoms with Gasteiger partial charge in [-0.3, -0.25) is 9.59 Å². The third kappa shape index (κ3) is 3.69. The Balaban J connectivity index is 1.74. The number of methoxy groups -OCH3 is 1. The number of aromatic nitrogens is 1. The molecule has 1 aliphatic rings. The highest BCUT2D eigenvalue weighted by Gasteiger charge is 2.33. The van der Waals surface area contributed by atoms with Crippen molar-refractivity contribution in [2.75, 3.05) is 26.8 Å². The van der Waals surface area contributed by atoms with Crippen LogP contribution in [0.1, 0.15) is 30.1 Å². The van der Waals surface area contributed by atoms with Crippen molar-refractivity contribution in [2.45, 2.75) is 25.8 Å². The van der Waals surface area contributed by atoms with Gasteiger partial charge in [-0.15, -0.1) is 0 Å². The quantitative estimate of drug-likeness (QED) is 0.817. The van der Waals surface area contributed by atoms with Crippen LogP contribution in [0.5, 0.6) is 0 Å². The summed E-state index contributed by atoms with van der Waals surface area (Å²) in [6.07, 6.45) is 3.47. The van der Waals surface area contributed by atoms with E-state index in [1.807, 2.05) is 42.3 Å². The van der Waals surface area contributed by atoms with E-state index >= 15 is 0 Å². The van der Waals surface area contributed by atoms with Crippen LogP contribution >= 0.6 is 0 Å². The monoisotopic (exact) mass is 343 g/mol. The Morgan fingerprint density at radius 3 is 2.96 bits per heavy atom. The lowest BCUT2D eigenvalue weighted by atomic mass is 9.92. The highest BCUT2D eigenvalue weighted by molar-refractivity contribution is 6.06. The molecule has 2 aromatic rings. The van der Waals surface area contributed by atoms with Gasteiger partial charge in [0.1, 0.15) is 0 Å². The zero-order valence-electron chi connectivity index (χ0n) is 14.7. The molecule has 2 atom stereocenters. The zero-order chi connectivity index (χ0) is 17.8. The Kier molecular flexibility index (Phi) is 5.38. The number of carbonyl (C=O) groups excluding carboxylic acids is 2. The fourth-order valence-corrected chi connectivity index (χ4v) is 3.44. The second kappa shape index (κ2) is 7.70. The lowest BCUT2D eigenvalue weighted by Gasteiger charge is -2.37. The van der Waals surface area contributed by atoms with Crippen LogP contribution < -0.4 is 5.32 Å². The van der Waals surface area contributed by atoms with Crippen LogP contribution in [-0.2, 0) is 9.53 Å². The maximum absolute atomic E-state index is 13.1. The number of rotatable bonds is 5. The van der Waals surface area contributed by atoms with E-state index in [2.05, 4.69) is 10.3 Å². The van der Waals surface area contributed by atoms with Crippen molar-refractivity contribution >= 4 is 22.7 Å². The van der Waals surface area contributed by atoms with Gasteiger partial charge in [0.05, 0.1) is 23.6 Å². The molecule has 1 aromatic heterocycles. The third-order valence-corrected chi connectivity index (χ3v) is 4.94. The lowest BCUT2D eigenvalue weighted by molar-refractivity contribution is -0.126. The predicted octanol–water partition coefficient (Wildman–Crippen LogP) is 2.17. The fraction of sp³-hybridized carbons (Fsp3) is 0.474. The number of ether oxygens (including phenoxy) is 1. The summed E-state index contributed by atoms with van der Waals surface area (Å²) in [6, 6.07) is 7.80. The summed E-state index contributed by atoms with van der Waals surface area (Å²) in [5.74, 6) is -0.186. The zero-order valence-corrected chi connectivity index (χ0v) is 14.7. The molecule has 6 nitrogen and oxygen atoms in total. The SMILES string of the molecule is COCCNC(=O)[C@H]1CC[C@@H](C)N(C(=O)c2cccc3cc[nH]c23)C1. The van der Waals surface area contributed by atoms with Gasteiger partial charge < -0.3 is 19.9 Å². The lowest BCUT2D eigenvalue weighted by Crippen LogP contribution is -2.49. The number of amides is 2. The fourth-order valence-electron chi connectivity index (χ4n) is 3.44. The van der Waals surface area contributed by atoms with Crippen molar-refractivity contribution in [2.24, 2.45) is 5.92 Å². The minimum Gasteiger partial charge on any atom is -0.383 e. The van der Waals surface area contributed by atoms with Crippen LogP contribution in [0.4, 0.5) is 0 Å². The van der Waals surface area contributed by atoms with E-state index in [1.165, 1.54) is 0 Å². The summed E-state index contributed by atoms with van der Waals surface area (Å²) in [7, 11) is 1.61. The van der Waals surface area contributed by atoms with E-state index < -0.39 is 0 Å². The molecule has 0 aliphatic carbocycles. The maximum Gasteiger partial charge on any atom is 0.256 e. The molecule has 134 valence electrons. The maximum atomic E-state index is 13.1. The summed E-state index contributed by atoms with van der Waals surface area (Å²) in [5.41, 5.74) is 1.51. The number of benzene rings is 1. The van der Waals surface area contributed by atoms with Crippen LogP contribution in [0.15, 0.2) is 30.5 Å². The molecule has 1 saturated heterocycles. The number of piperidine rings is 1. The molecule has 2 amide bonds. The second-order valence-electron chi connectivity index (χ2n) is 6.61. The van der Waals surface area contributed by atoms with E-state index in [1.54, 1.807) is 7.11 Å². The van der Waals surface area contributed by atoms with E-state index in [9.17, 15) is 9.59 Å². The van der Waals surface area contributed by atoms with Crippen molar-refractivity contribution in [3.05, 3.63) is 36.0 Å². The van der Waals surface area contributed by atoms with E-state index in [0.29, 0.717) is 25.3 Å². The number of likely N-dealkylation sites (tertiary alicyclic amines) is 1. The van der Waals surface area contributed by atoms with Gasteiger partial charge in [-0.25, -0.2) is 0 Å². The van der Waals surface area contributed by atoms with Crippen molar-refractivity contribution in [3.8, 4) is 0 Å². The van der Waals surface area contributed by atoms with Gasteiger partial charge >= 0.3 is 0 Å². The average molecular weight is 343 g/mol. The topological polar surface area (TPSA) is 74.4 Å². The molecule has 0 radical (unpaired) electrons. The molecule has 1 fully saturated rings. The van der Waals surface area contributed by atoms with Gasteiger partial charge in [-0.05, 0) is 31.9 Å². The summed E-state index contributed by atoms with van der Waals surface area (Å²) < 4.78 is 4.96. The number of fused-ring (bicyclic) bond motifs is 1. The van der Waals surface area contributed by atoms with Gasteiger partial charge in [0, 0.05) is 37.8 Å². The van der Waals surface area contributed by atoms with Gasteiger partial charge in [0.15, 0.2) is 0 Å². The molecule has 0 bridgehead atoms. The summed E-state index contributed by atoms with van der Waals surface area (Å²) in [5, 5.41) is 3.90. The third-order valence-electron chi connectivity index (χ3n) is 4.94. The van der Waals surface area contributed by atoms with Gasteiger partial charge in [-0.2, -0.15) is 0 Å². The molecule has 2 N–H and O–H groups in total. The smallest absolute Gasteiger partial charge is 0.256 e. The number of hydrogen-bond acceptors (Lipinski definition) is 3. The number of nitrogens with one attached hydrogen (secondary N) is 2. The van der Waals surface area contributed by atoms with Crippen molar-refractivity contribution in [3.63, 3.8) is 0 Å². The van der Waals surface area contributed by atoms with Crippen LogP contribution in [0, 0.1) is 5.92 Å². The van der Waals surface area contributed by atoms with Crippen LogP contribution in [-0.4, -0.2) is 54.5 Å². The Morgan fingerprint density at radius 1 is 1.32 bits per heavy atom. The summed E-state index contributed by atoms with van der Waals surface area (Å²) in [4.78, 5) is 30.4. The highest BCUT2D eigenvalue weighted by Crippen LogP contribution is 2.26. The van der Waals surface area contributed by atoms with E-state index in [4.69, 9.17) is 4.74 Å². The predicted molar refractivity (Wildman–Crippen MR) is 96.4 cm³/mol. The first-order valence-corrected chi connectivity index (χ1v) is 8.75. The second-order valence-corrected chi connectivity index (χ2v) is 6.61. The molecule has 0 saturated carbocycles. The normalized spacial score (nSPS) is 20.6. The Labute approximate surface area is 147 Å². The first-order chi connectivity index (χ1) is 12.1. The number of nitrogens with zero attached hydrogens (tertiary/aromatic N) is 1. The van der Waals surface area contributed by atoms with Crippen LogP contribution in [0.2, 0.25) is 0 Å². The number of aromatic amines is 1. The molecule has 3 rings (SSSR count). The minimum atomic E-state index is -0.167. The molecule has 6 heteroatoms. The Hall–Kier alpha value is -2.34. The van der Waals surface area contributed by atoms with Gasteiger partial charge in [0.25, 0.3) is 5.91 Å². The standard InChI is InChI=1S/C19H25N3O3/c1-13-6-7-15(18(23)21-10-11-25-2)12-22(13)19(24)16-5-3-4-14-8-9-20-17(14)16/h3-5,8-9,13,15,20H,6-7,10-12H2,1-2H3,(H,21,23)/t13-,15+/m1/s1. The summed E-state index contributed by atoms with van der Waals surface area (Å²) >= 11 is 0. The molecule has 0 spiro atoms. The molecule has 0 unspecified atom stereocenters. The Morgan fingerprint density at radius 2 is 2.16 bits per heavy atom. The first kappa shape index (κ1) is 17.5. The molecular formula is C19H25N3O3. The summed E-state index contributed by atoms with van der Waals surface area (Å²) in [6.45, 7) is 3.49. The number of carbonyl (C=O) groups is 2. The molecule has 2 heterocycles. The van der Waals surface area contributed by atoms with Crippen molar-refractivity contribution in [1.29, 1.82) is 0 Å². The van der Waals surface area contributed by atoms with Crippen LogP contribution in [0.3, 0.4) is 0 Å².